The fourth-order valence-electron chi connectivity index (χ4n) is 1.71. The van der Waals surface area contributed by atoms with Gasteiger partial charge in [0.1, 0.15) is 5.82 Å². The minimum Gasteiger partial charge on any atom is -0.331 e. The second-order valence-electron chi connectivity index (χ2n) is 4.11. The van der Waals surface area contributed by atoms with E-state index in [9.17, 15) is 4.39 Å². The van der Waals surface area contributed by atoms with Crippen LogP contribution in [-0.4, -0.2) is 28.8 Å². The highest BCUT2D eigenvalue weighted by molar-refractivity contribution is 7.11. The molecule has 0 bridgehead atoms. The average molecular weight is 324 g/mol. The molecule has 0 unspecified atom stereocenters. The minimum atomic E-state index is -0.294. The van der Waals surface area contributed by atoms with Crippen molar-refractivity contribution in [3.63, 3.8) is 0 Å². The molecule has 0 saturated carbocycles. The van der Waals surface area contributed by atoms with E-state index >= 15 is 0 Å². The number of nitrogens with zero attached hydrogens (tertiary/aromatic N) is 3. The average Bonchev–Trinajstić information content (AvgIpc) is 3.01. The van der Waals surface area contributed by atoms with E-state index in [1.165, 1.54) is 12.1 Å². The van der Waals surface area contributed by atoms with Crippen molar-refractivity contribution in [3.8, 4) is 0 Å². The van der Waals surface area contributed by atoms with Crippen LogP contribution in [0.15, 0.2) is 53.1 Å². The summed E-state index contributed by atoms with van der Waals surface area (Å²) in [7, 11) is 0. The molecule has 21 heavy (non-hydrogen) atoms. The van der Waals surface area contributed by atoms with Crippen LogP contribution in [0.3, 0.4) is 0 Å². The van der Waals surface area contributed by atoms with Gasteiger partial charge in [-0.15, -0.1) is 11.3 Å². The lowest BCUT2D eigenvalue weighted by Crippen LogP contribution is -2.28. The number of amidine groups is 1. The van der Waals surface area contributed by atoms with E-state index in [1.807, 2.05) is 11.6 Å². The Kier molecular flexibility index (Phi) is 5.90. The molecule has 0 fully saturated rings. The highest BCUT2D eigenvalue weighted by atomic mass is 35.5. The molecule has 0 aliphatic carbocycles. The smallest absolute Gasteiger partial charge is 0.164 e. The maximum atomic E-state index is 12.1. The summed E-state index contributed by atoms with van der Waals surface area (Å²) in [4.78, 5) is 10.8. The van der Waals surface area contributed by atoms with Gasteiger partial charge in [-0.25, -0.2) is 9.37 Å². The van der Waals surface area contributed by atoms with E-state index in [2.05, 4.69) is 34.1 Å². The molecule has 2 heterocycles. The molecular formula is C15H15ClFN3S. The van der Waals surface area contributed by atoms with Crippen molar-refractivity contribution in [2.75, 3.05) is 13.1 Å². The first-order valence-electron chi connectivity index (χ1n) is 6.49. The van der Waals surface area contributed by atoms with Gasteiger partial charge in [0.05, 0.1) is 6.54 Å². The van der Waals surface area contributed by atoms with E-state index in [-0.39, 0.29) is 5.82 Å². The molecule has 0 radical (unpaired) electrons. The molecule has 3 nitrogen and oxygen atoms in total. The van der Waals surface area contributed by atoms with Crippen molar-refractivity contribution < 1.29 is 4.39 Å². The van der Waals surface area contributed by atoms with Crippen LogP contribution in [0, 0.1) is 5.82 Å². The zero-order chi connectivity index (χ0) is 15.1. The van der Waals surface area contributed by atoms with E-state index in [4.69, 9.17) is 11.6 Å². The Morgan fingerprint density at radius 2 is 2.29 bits per heavy atom. The standard InChI is InChI=1S/C9H11N3S.C6H4ClF/c1-2-12-6-3-4-10-8(12)9-11-5-7-13-9;7-5-2-1-3-6(8)4-5/h3,5-7H,2,4H2,1H3;1-4H. The third-order valence-electron chi connectivity index (χ3n) is 2.65. The maximum Gasteiger partial charge on any atom is 0.164 e. The van der Waals surface area contributed by atoms with Crippen LogP contribution in [0.1, 0.15) is 11.9 Å². The van der Waals surface area contributed by atoms with Gasteiger partial charge in [0.2, 0.25) is 0 Å². The number of halogens is 2. The quantitative estimate of drug-likeness (QED) is 0.828. The summed E-state index contributed by atoms with van der Waals surface area (Å²) in [5.74, 6) is 0.706. The molecule has 2 aromatic rings. The molecule has 0 N–H and O–H groups in total. The van der Waals surface area contributed by atoms with Crippen LogP contribution in [-0.2, 0) is 0 Å². The Balaban J connectivity index is 0.000000173. The van der Waals surface area contributed by atoms with Crippen molar-refractivity contribution in [1.29, 1.82) is 0 Å². The Bertz CT molecular complexity index is 608. The summed E-state index contributed by atoms with van der Waals surface area (Å²) in [5, 5.41) is 3.42. The SMILES string of the molecule is CCN1C=CCN=C1c1nccs1.Fc1cccc(Cl)c1. The molecule has 1 aliphatic heterocycles. The van der Waals surface area contributed by atoms with Gasteiger partial charge in [0, 0.05) is 29.3 Å². The summed E-state index contributed by atoms with van der Waals surface area (Å²) < 4.78 is 12.1. The Labute approximate surface area is 132 Å². The fraction of sp³-hybridized carbons (Fsp3) is 0.200. The summed E-state index contributed by atoms with van der Waals surface area (Å²) in [6, 6.07) is 5.82. The van der Waals surface area contributed by atoms with Gasteiger partial charge in [-0.1, -0.05) is 17.7 Å². The monoisotopic (exact) mass is 323 g/mol. The summed E-state index contributed by atoms with van der Waals surface area (Å²) in [6.45, 7) is 3.82. The molecule has 0 atom stereocenters. The van der Waals surface area contributed by atoms with Gasteiger partial charge >= 0.3 is 0 Å². The highest BCUT2D eigenvalue weighted by Crippen LogP contribution is 2.12. The van der Waals surface area contributed by atoms with Crippen LogP contribution in [0.2, 0.25) is 5.02 Å². The van der Waals surface area contributed by atoms with Gasteiger partial charge < -0.3 is 4.90 Å². The highest BCUT2D eigenvalue weighted by Gasteiger charge is 2.13. The fourth-order valence-corrected chi connectivity index (χ4v) is 2.55. The normalized spacial score (nSPS) is 13.5. The number of thiazole rings is 1. The number of benzene rings is 1. The second-order valence-corrected chi connectivity index (χ2v) is 5.44. The van der Waals surface area contributed by atoms with Crippen molar-refractivity contribution in [3.05, 3.63) is 64.0 Å². The zero-order valence-corrected chi connectivity index (χ0v) is 13.1. The van der Waals surface area contributed by atoms with Crippen LogP contribution in [0.25, 0.3) is 0 Å². The zero-order valence-electron chi connectivity index (χ0n) is 11.5. The molecule has 0 saturated heterocycles. The van der Waals surface area contributed by atoms with Gasteiger partial charge in [0.15, 0.2) is 10.8 Å². The molecular weight excluding hydrogens is 309 g/mol. The largest absolute Gasteiger partial charge is 0.331 e. The van der Waals surface area contributed by atoms with Crippen LogP contribution < -0.4 is 0 Å². The van der Waals surface area contributed by atoms with Crippen molar-refractivity contribution >= 4 is 28.8 Å². The number of hydrogen-bond donors (Lipinski definition) is 0. The lowest BCUT2D eigenvalue weighted by Gasteiger charge is -2.21. The van der Waals surface area contributed by atoms with Gasteiger partial charge in [-0.05, 0) is 31.2 Å². The molecule has 0 spiro atoms. The summed E-state index contributed by atoms with van der Waals surface area (Å²) in [6.07, 6.45) is 5.94. The number of aliphatic imine (C=N–C) groups is 1. The summed E-state index contributed by atoms with van der Waals surface area (Å²) in [5.41, 5.74) is 0. The Hall–Kier alpha value is -1.72. The lowest BCUT2D eigenvalue weighted by molar-refractivity contribution is 0.578. The maximum absolute atomic E-state index is 12.1. The number of rotatable bonds is 2. The molecule has 3 rings (SSSR count). The molecule has 1 aliphatic rings. The van der Waals surface area contributed by atoms with E-state index < -0.39 is 0 Å². The predicted octanol–water partition coefficient (Wildman–Crippen LogP) is 4.22. The molecule has 1 aromatic heterocycles. The predicted molar refractivity (Wildman–Crippen MR) is 86.4 cm³/mol. The topological polar surface area (TPSA) is 28.5 Å². The van der Waals surface area contributed by atoms with Crippen molar-refractivity contribution in [2.24, 2.45) is 4.99 Å². The Morgan fingerprint density at radius 3 is 2.86 bits per heavy atom. The first-order valence-corrected chi connectivity index (χ1v) is 7.75. The van der Waals surface area contributed by atoms with Gasteiger partial charge in [0.25, 0.3) is 0 Å². The van der Waals surface area contributed by atoms with Crippen LogP contribution in [0.4, 0.5) is 4.39 Å². The minimum absolute atomic E-state index is 0.294. The molecule has 6 heteroatoms. The number of hydrogen-bond acceptors (Lipinski definition) is 4. The Morgan fingerprint density at radius 1 is 1.43 bits per heavy atom. The van der Waals surface area contributed by atoms with Gasteiger partial charge in [-0.2, -0.15) is 0 Å². The third kappa shape index (κ3) is 4.65. The lowest BCUT2D eigenvalue weighted by atomic mass is 10.4. The van der Waals surface area contributed by atoms with Crippen molar-refractivity contribution in [1.82, 2.24) is 9.88 Å². The second kappa shape index (κ2) is 7.90. The van der Waals surface area contributed by atoms with Crippen molar-refractivity contribution in [2.45, 2.75) is 6.92 Å². The number of aromatic nitrogens is 1. The van der Waals surface area contributed by atoms with E-state index in [0.717, 1.165) is 23.9 Å². The first-order chi connectivity index (χ1) is 10.2. The first kappa shape index (κ1) is 15.7. The van der Waals surface area contributed by atoms with Gasteiger partial charge in [-0.3, -0.25) is 4.99 Å². The van der Waals surface area contributed by atoms with Crippen LogP contribution in [0.5, 0.6) is 0 Å². The molecule has 0 amide bonds. The van der Waals surface area contributed by atoms with E-state index in [0.29, 0.717) is 5.02 Å². The van der Waals surface area contributed by atoms with E-state index in [1.54, 1.807) is 23.5 Å². The van der Waals surface area contributed by atoms with Crippen LogP contribution >= 0.6 is 22.9 Å². The molecule has 1 aromatic carbocycles. The third-order valence-corrected chi connectivity index (χ3v) is 3.66. The molecule has 110 valence electrons. The summed E-state index contributed by atoms with van der Waals surface area (Å²) >= 11 is 7.04.